The molecule has 0 spiro atoms. The molecule has 1 heterocycles. The van der Waals surface area contributed by atoms with Crippen LogP contribution in [0.3, 0.4) is 0 Å². The van der Waals surface area contributed by atoms with Gasteiger partial charge in [-0.15, -0.1) is 0 Å². The number of benzene rings is 1. The van der Waals surface area contributed by atoms with Crippen LogP contribution in [-0.4, -0.2) is 20.1 Å². The van der Waals surface area contributed by atoms with E-state index < -0.39 is 8.32 Å². The lowest BCUT2D eigenvalue weighted by molar-refractivity contribution is 0.270. The third-order valence-corrected chi connectivity index (χ3v) is 9.67. The Kier molecular flexibility index (Phi) is 6.99. The van der Waals surface area contributed by atoms with Crippen molar-refractivity contribution in [2.45, 2.75) is 64.3 Å². The predicted molar refractivity (Wildman–Crippen MR) is 105 cm³/mol. The van der Waals surface area contributed by atoms with E-state index in [2.05, 4.69) is 74.7 Å². The van der Waals surface area contributed by atoms with Crippen molar-refractivity contribution < 1.29 is 8.95 Å². The molecule has 0 fully saturated rings. The van der Waals surface area contributed by atoms with E-state index in [1.54, 1.807) is 6.26 Å². The second kappa shape index (κ2) is 8.78. The highest BCUT2D eigenvalue weighted by molar-refractivity contribution is 6.74. The SMILES string of the molecule is CC(C)(C)[Si](C)(C)OCCCC(NCc1ccon1)c1ccccc1. The Morgan fingerprint density at radius 2 is 1.88 bits per heavy atom. The van der Waals surface area contributed by atoms with Gasteiger partial charge in [-0.05, 0) is 36.5 Å². The van der Waals surface area contributed by atoms with Gasteiger partial charge in [0.25, 0.3) is 0 Å². The topological polar surface area (TPSA) is 47.3 Å². The number of hydrogen-bond acceptors (Lipinski definition) is 4. The maximum atomic E-state index is 6.31. The molecule has 25 heavy (non-hydrogen) atoms. The van der Waals surface area contributed by atoms with E-state index in [4.69, 9.17) is 8.95 Å². The molecule has 1 atom stereocenters. The first-order valence-corrected chi connectivity index (χ1v) is 12.0. The molecule has 4 nitrogen and oxygen atoms in total. The smallest absolute Gasteiger partial charge is 0.191 e. The van der Waals surface area contributed by atoms with Crippen molar-refractivity contribution >= 4 is 8.32 Å². The maximum Gasteiger partial charge on any atom is 0.191 e. The summed E-state index contributed by atoms with van der Waals surface area (Å²) in [6.45, 7) is 13.0. The fourth-order valence-electron chi connectivity index (χ4n) is 2.46. The molecule has 1 aromatic carbocycles. The molecule has 1 unspecified atom stereocenters. The van der Waals surface area contributed by atoms with Crippen molar-refractivity contribution in [3.05, 3.63) is 53.9 Å². The molecule has 0 bridgehead atoms. The molecule has 0 aliphatic rings. The predicted octanol–water partition coefficient (Wildman–Crippen LogP) is 5.31. The molecule has 1 aromatic heterocycles. The maximum absolute atomic E-state index is 6.31. The Morgan fingerprint density at radius 3 is 2.48 bits per heavy atom. The molecule has 0 saturated carbocycles. The summed E-state index contributed by atoms with van der Waals surface area (Å²) in [5.41, 5.74) is 2.23. The zero-order chi connectivity index (χ0) is 18.3. The number of nitrogens with one attached hydrogen (secondary N) is 1. The summed E-state index contributed by atoms with van der Waals surface area (Å²) in [6.07, 6.45) is 3.69. The van der Waals surface area contributed by atoms with Crippen molar-refractivity contribution in [2.75, 3.05) is 6.61 Å². The van der Waals surface area contributed by atoms with Gasteiger partial charge in [0, 0.05) is 25.3 Å². The summed E-state index contributed by atoms with van der Waals surface area (Å²) in [4.78, 5) is 0. The van der Waals surface area contributed by atoms with Gasteiger partial charge in [-0.25, -0.2) is 0 Å². The molecule has 2 aromatic rings. The molecule has 0 saturated heterocycles. The summed E-state index contributed by atoms with van der Waals surface area (Å²) in [6, 6.07) is 12.8. The van der Waals surface area contributed by atoms with E-state index in [0.717, 1.165) is 25.1 Å². The average molecular weight is 361 g/mol. The molecular weight excluding hydrogens is 328 g/mol. The van der Waals surface area contributed by atoms with Crippen LogP contribution in [0.4, 0.5) is 0 Å². The van der Waals surface area contributed by atoms with Crippen LogP contribution in [0.15, 0.2) is 47.2 Å². The van der Waals surface area contributed by atoms with Crippen molar-refractivity contribution in [1.82, 2.24) is 10.5 Å². The Balaban J connectivity index is 1.88. The van der Waals surface area contributed by atoms with E-state index >= 15 is 0 Å². The van der Waals surface area contributed by atoms with Crippen LogP contribution < -0.4 is 5.32 Å². The van der Waals surface area contributed by atoms with E-state index in [9.17, 15) is 0 Å². The highest BCUT2D eigenvalue weighted by Crippen LogP contribution is 2.36. The summed E-state index contributed by atoms with van der Waals surface area (Å²) in [7, 11) is -1.66. The second-order valence-electron chi connectivity index (χ2n) is 8.09. The van der Waals surface area contributed by atoms with Crippen LogP contribution >= 0.6 is 0 Å². The summed E-state index contributed by atoms with van der Waals surface area (Å²) < 4.78 is 11.2. The van der Waals surface area contributed by atoms with Crippen molar-refractivity contribution in [2.24, 2.45) is 0 Å². The van der Waals surface area contributed by atoms with Crippen LogP contribution in [0.2, 0.25) is 18.1 Å². The monoisotopic (exact) mass is 360 g/mol. The lowest BCUT2D eigenvalue weighted by atomic mass is 10.0. The minimum absolute atomic E-state index is 0.261. The van der Waals surface area contributed by atoms with Gasteiger partial charge in [0.1, 0.15) is 6.26 Å². The minimum Gasteiger partial charge on any atom is -0.417 e. The van der Waals surface area contributed by atoms with Gasteiger partial charge in [0.05, 0.1) is 5.69 Å². The minimum atomic E-state index is -1.66. The molecule has 1 N–H and O–H groups in total. The van der Waals surface area contributed by atoms with Crippen LogP contribution in [0.5, 0.6) is 0 Å². The first-order valence-electron chi connectivity index (χ1n) is 9.11. The van der Waals surface area contributed by atoms with Crippen molar-refractivity contribution in [3.8, 4) is 0 Å². The molecule has 0 aliphatic carbocycles. The zero-order valence-electron chi connectivity index (χ0n) is 16.2. The molecule has 0 radical (unpaired) electrons. The number of rotatable bonds is 9. The van der Waals surface area contributed by atoms with Crippen LogP contribution in [-0.2, 0) is 11.0 Å². The van der Waals surface area contributed by atoms with E-state index in [0.29, 0.717) is 12.6 Å². The van der Waals surface area contributed by atoms with E-state index in [1.165, 1.54) is 5.56 Å². The van der Waals surface area contributed by atoms with Crippen LogP contribution in [0, 0.1) is 0 Å². The molecular formula is C20H32N2O2Si. The van der Waals surface area contributed by atoms with Gasteiger partial charge in [0.15, 0.2) is 8.32 Å². The van der Waals surface area contributed by atoms with Crippen molar-refractivity contribution in [3.63, 3.8) is 0 Å². The first kappa shape index (κ1) is 19.9. The van der Waals surface area contributed by atoms with E-state index in [1.807, 2.05) is 6.07 Å². The highest BCUT2D eigenvalue weighted by atomic mass is 28.4. The molecule has 138 valence electrons. The van der Waals surface area contributed by atoms with Gasteiger partial charge in [-0.1, -0.05) is 56.3 Å². The van der Waals surface area contributed by atoms with Crippen LogP contribution in [0.1, 0.15) is 50.9 Å². The fourth-order valence-corrected chi connectivity index (χ4v) is 3.55. The molecule has 0 amide bonds. The van der Waals surface area contributed by atoms with Gasteiger partial charge in [0.2, 0.25) is 0 Å². The normalized spacial score (nSPS) is 13.8. The third-order valence-electron chi connectivity index (χ3n) is 5.13. The largest absolute Gasteiger partial charge is 0.417 e. The van der Waals surface area contributed by atoms with Gasteiger partial charge in [-0.2, -0.15) is 0 Å². The number of nitrogens with zero attached hydrogens (tertiary/aromatic N) is 1. The Bertz CT molecular complexity index is 606. The fraction of sp³-hybridized carbons (Fsp3) is 0.550. The average Bonchev–Trinajstić information content (AvgIpc) is 3.07. The standard InChI is InChI=1S/C20H32N2O2Si/c1-20(2,3)25(4,5)24-14-9-12-19(17-10-7-6-8-11-17)21-16-18-13-15-23-22-18/h6-8,10-11,13,15,19,21H,9,12,14,16H2,1-5H3. The van der Waals surface area contributed by atoms with Crippen LogP contribution in [0.25, 0.3) is 0 Å². The zero-order valence-corrected chi connectivity index (χ0v) is 17.2. The van der Waals surface area contributed by atoms with E-state index in [-0.39, 0.29) is 5.04 Å². The molecule has 0 aliphatic heterocycles. The van der Waals surface area contributed by atoms with Gasteiger partial charge in [-0.3, -0.25) is 0 Å². The Morgan fingerprint density at radius 1 is 1.16 bits per heavy atom. The van der Waals surface area contributed by atoms with Gasteiger partial charge >= 0.3 is 0 Å². The summed E-state index contributed by atoms with van der Waals surface area (Å²) >= 11 is 0. The van der Waals surface area contributed by atoms with Gasteiger partial charge < -0.3 is 14.3 Å². The molecule has 5 heteroatoms. The first-order chi connectivity index (χ1) is 11.8. The quantitative estimate of drug-likeness (QED) is 0.486. The third kappa shape index (κ3) is 6.10. The lowest BCUT2D eigenvalue weighted by Crippen LogP contribution is -2.41. The highest BCUT2D eigenvalue weighted by Gasteiger charge is 2.36. The molecule has 2 rings (SSSR count). The Hall–Kier alpha value is -1.43. The number of aromatic nitrogens is 1. The Labute approximate surface area is 153 Å². The summed E-state index contributed by atoms with van der Waals surface area (Å²) in [5.74, 6) is 0. The summed E-state index contributed by atoms with van der Waals surface area (Å²) in [5, 5.41) is 7.84. The van der Waals surface area contributed by atoms with Crippen molar-refractivity contribution in [1.29, 1.82) is 0 Å². The lowest BCUT2D eigenvalue weighted by Gasteiger charge is -2.36. The number of hydrogen-bond donors (Lipinski definition) is 1. The second-order valence-corrected chi connectivity index (χ2v) is 12.9.